The summed E-state index contributed by atoms with van der Waals surface area (Å²) in [7, 11) is 0. The molecule has 0 amide bonds. The number of benzene rings is 1. The summed E-state index contributed by atoms with van der Waals surface area (Å²) in [6.45, 7) is 7.16. The van der Waals surface area contributed by atoms with E-state index in [9.17, 15) is 15.0 Å². The van der Waals surface area contributed by atoms with Crippen molar-refractivity contribution in [3.05, 3.63) is 26.7 Å². The van der Waals surface area contributed by atoms with Crippen molar-refractivity contribution in [1.82, 2.24) is 0 Å². The molecule has 1 unspecified atom stereocenters. The van der Waals surface area contributed by atoms with Crippen molar-refractivity contribution in [2.75, 3.05) is 6.61 Å². The fraction of sp³-hybridized carbons (Fsp3) is 0.462. The minimum Gasteiger partial charge on any atom is -0.507 e. The molecule has 4 nitrogen and oxygen atoms in total. The van der Waals surface area contributed by atoms with E-state index in [0.29, 0.717) is 11.1 Å². The summed E-state index contributed by atoms with van der Waals surface area (Å²) < 4.78 is 5.54. The van der Waals surface area contributed by atoms with Crippen LogP contribution in [0.4, 0.5) is 0 Å². The van der Waals surface area contributed by atoms with Crippen LogP contribution in [0.15, 0.2) is 4.47 Å². The summed E-state index contributed by atoms with van der Waals surface area (Å²) in [6, 6.07) is 0. The smallest absolute Gasteiger partial charge is 0.339 e. The van der Waals surface area contributed by atoms with E-state index < -0.39 is 12.1 Å². The predicted molar refractivity (Wildman–Crippen MR) is 71.6 cm³/mol. The molecule has 1 aromatic carbocycles. The van der Waals surface area contributed by atoms with Gasteiger partial charge in [-0.25, -0.2) is 4.79 Å². The van der Waals surface area contributed by atoms with Crippen LogP contribution in [0.3, 0.4) is 0 Å². The number of ether oxygens (including phenoxy) is 1. The maximum Gasteiger partial charge on any atom is 0.339 e. The molecule has 0 aromatic heterocycles. The Morgan fingerprint density at radius 2 is 1.83 bits per heavy atom. The standard InChI is InChI=1S/C13H17BrO4/c1-5-18-13(17)12(16)9-8(4)10(14)6(2)7(3)11(9)15/h12,15-16H,5H2,1-4H3. The number of aliphatic hydroxyl groups is 1. The predicted octanol–water partition coefficient (Wildman–Crippen LogP) is 2.68. The minimum atomic E-state index is -1.47. The first-order valence-electron chi connectivity index (χ1n) is 5.65. The van der Waals surface area contributed by atoms with Crippen molar-refractivity contribution in [2.24, 2.45) is 0 Å². The normalized spacial score (nSPS) is 12.3. The quantitative estimate of drug-likeness (QED) is 0.841. The lowest BCUT2D eigenvalue weighted by Gasteiger charge is -2.19. The molecular weight excluding hydrogens is 300 g/mol. The van der Waals surface area contributed by atoms with Crippen LogP contribution in [0, 0.1) is 20.8 Å². The number of esters is 1. The highest BCUT2D eigenvalue weighted by atomic mass is 79.9. The zero-order chi connectivity index (χ0) is 14.0. The zero-order valence-electron chi connectivity index (χ0n) is 10.9. The van der Waals surface area contributed by atoms with E-state index in [2.05, 4.69) is 15.9 Å². The van der Waals surface area contributed by atoms with Gasteiger partial charge < -0.3 is 14.9 Å². The van der Waals surface area contributed by atoms with Crippen LogP contribution in [0.2, 0.25) is 0 Å². The van der Waals surface area contributed by atoms with Gasteiger partial charge in [-0.2, -0.15) is 0 Å². The van der Waals surface area contributed by atoms with Gasteiger partial charge in [-0.05, 0) is 44.4 Å². The van der Waals surface area contributed by atoms with E-state index in [4.69, 9.17) is 4.74 Å². The number of phenols is 1. The Kier molecular flexibility index (Phi) is 4.76. The molecule has 0 saturated carbocycles. The van der Waals surface area contributed by atoms with Crippen LogP contribution in [0.25, 0.3) is 0 Å². The Hall–Kier alpha value is -1.07. The van der Waals surface area contributed by atoms with Gasteiger partial charge in [0.1, 0.15) is 5.75 Å². The molecule has 2 N–H and O–H groups in total. The summed E-state index contributed by atoms with van der Waals surface area (Å²) >= 11 is 3.40. The molecule has 0 fully saturated rings. The third kappa shape index (κ3) is 2.52. The Balaban J connectivity index is 3.37. The fourth-order valence-electron chi connectivity index (χ4n) is 1.79. The Bertz CT molecular complexity index is 453. The maximum absolute atomic E-state index is 11.6. The van der Waals surface area contributed by atoms with Crippen LogP contribution in [0.5, 0.6) is 5.75 Å². The fourth-order valence-corrected chi connectivity index (χ4v) is 2.31. The molecule has 0 aliphatic rings. The molecule has 18 heavy (non-hydrogen) atoms. The largest absolute Gasteiger partial charge is 0.507 e. The van der Waals surface area contributed by atoms with Crippen LogP contribution >= 0.6 is 15.9 Å². The van der Waals surface area contributed by atoms with E-state index in [1.165, 1.54) is 0 Å². The molecule has 0 radical (unpaired) electrons. The average Bonchev–Trinajstić information content (AvgIpc) is 2.34. The lowest BCUT2D eigenvalue weighted by molar-refractivity contribution is -0.153. The Morgan fingerprint density at radius 3 is 2.33 bits per heavy atom. The van der Waals surface area contributed by atoms with E-state index in [1.54, 1.807) is 20.8 Å². The van der Waals surface area contributed by atoms with Crippen LogP contribution < -0.4 is 0 Å². The molecule has 0 heterocycles. The molecule has 0 aliphatic carbocycles. The van der Waals surface area contributed by atoms with Crippen LogP contribution in [0.1, 0.15) is 35.3 Å². The second-order valence-corrected chi connectivity index (χ2v) is 4.90. The number of carbonyl (C=O) groups is 1. The van der Waals surface area contributed by atoms with Crippen LogP contribution in [-0.2, 0) is 9.53 Å². The number of aliphatic hydroxyl groups excluding tert-OH is 1. The molecule has 0 spiro atoms. The Morgan fingerprint density at radius 1 is 1.28 bits per heavy atom. The number of carbonyl (C=O) groups excluding carboxylic acids is 1. The minimum absolute atomic E-state index is 0.0613. The second kappa shape index (κ2) is 5.71. The molecule has 0 bridgehead atoms. The van der Waals surface area contributed by atoms with Crippen LogP contribution in [-0.4, -0.2) is 22.8 Å². The third-order valence-electron chi connectivity index (χ3n) is 3.02. The highest BCUT2D eigenvalue weighted by Crippen LogP contribution is 2.38. The first kappa shape index (κ1) is 15.0. The highest BCUT2D eigenvalue weighted by Gasteiger charge is 2.27. The van der Waals surface area contributed by atoms with Gasteiger partial charge in [-0.1, -0.05) is 15.9 Å². The SMILES string of the molecule is CCOC(=O)C(O)c1c(C)c(Br)c(C)c(C)c1O. The first-order chi connectivity index (χ1) is 8.32. The van der Waals surface area contributed by atoms with Crippen molar-refractivity contribution < 1.29 is 19.7 Å². The molecule has 5 heteroatoms. The number of rotatable bonds is 3. The number of aromatic hydroxyl groups is 1. The lowest BCUT2D eigenvalue weighted by Crippen LogP contribution is -2.17. The second-order valence-electron chi connectivity index (χ2n) is 4.11. The van der Waals surface area contributed by atoms with Crippen molar-refractivity contribution in [3.63, 3.8) is 0 Å². The van der Waals surface area contributed by atoms with Crippen molar-refractivity contribution in [2.45, 2.75) is 33.8 Å². The van der Waals surface area contributed by atoms with Gasteiger partial charge in [0.2, 0.25) is 0 Å². The van der Waals surface area contributed by atoms with Gasteiger partial charge in [0, 0.05) is 10.0 Å². The maximum atomic E-state index is 11.6. The van der Waals surface area contributed by atoms with E-state index >= 15 is 0 Å². The number of hydrogen-bond acceptors (Lipinski definition) is 4. The molecule has 1 aromatic rings. The number of hydrogen-bond donors (Lipinski definition) is 2. The summed E-state index contributed by atoms with van der Waals surface area (Å²) in [6.07, 6.45) is -1.47. The first-order valence-corrected chi connectivity index (χ1v) is 6.45. The monoisotopic (exact) mass is 316 g/mol. The summed E-state index contributed by atoms with van der Waals surface area (Å²) in [5.41, 5.74) is 2.34. The Labute approximate surface area is 115 Å². The topological polar surface area (TPSA) is 66.8 Å². The van der Waals surface area contributed by atoms with E-state index in [-0.39, 0.29) is 17.9 Å². The molecule has 0 saturated heterocycles. The third-order valence-corrected chi connectivity index (χ3v) is 4.21. The zero-order valence-corrected chi connectivity index (χ0v) is 12.5. The summed E-state index contributed by atoms with van der Waals surface area (Å²) in [4.78, 5) is 11.6. The van der Waals surface area contributed by atoms with Crippen molar-refractivity contribution in [3.8, 4) is 5.75 Å². The molecule has 1 rings (SSSR count). The average molecular weight is 317 g/mol. The van der Waals surface area contributed by atoms with Gasteiger partial charge in [0.25, 0.3) is 0 Å². The number of halogens is 1. The summed E-state index contributed by atoms with van der Waals surface area (Å²) in [5, 5.41) is 20.0. The lowest BCUT2D eigenvalue weighted by atomic mass is 9.95. The van der Waals surface area contributed by atoms with E-state index in [0.717, 1.165) is 10.0 Å². The van der Waals surface area contributed by atoms with Gasteiger partial charge in [0.15, 0.2) is 6.10 Å². The van der Waals surface area contributed by atoms with Crippen molar-refractivity contribution in [1.29, 1.82) is 0 Å². The van der Waals surface area contributed by atoms with Gasteiger partial charge in [-0.3, -0.25) is 0 Å². The van der Waals surface area contributed by atoms with Gasteiger partial charge in [0.05, 0.1) is 6.61 Å². The number of phenolic OH excluding ortho intramolecular Hbond substituents is 1. The van der Waals surface area contributed by atoms with E-state index in [1.807, 2.05) is 6.92 Å². The van der Waals surface area contributed by atoms with Crippen molar-refractivity contribution >= 4 is 21.9 Å². The molecule has 0 aliphatic heterocycles. The molecule has 100 valence electrons. The molecular formula is C13H17BrO4. The summed E-state index contributed by atoms with van der Waals surface area (Å²) in [5.74, 6) is -0.820. The van der Waals surface area contributed by atoms with Gasteiger partial charge in [-0.15, -0.1) is 0 Å². The highest BCUT2D eigenvalue weighted by molar-refractivity contribution is 9.10. The van der Waals surface area contributed by atoms with Gasteiger partial charge >= 0.3 is 5.97 Å². The molecule has 1 atom stereocenters.